The highest BCUT2D eigenvalue weighted by Crippen LogP contribution is 2.27. The molecule has 0 fully saturated rings. The van der Waals surface area contributed by atoms with Gasteiger partial charge < -0.3 is 14.4 Å². The van der Waals surface area contributed by atoms with E-state index in [0.717, 1.165) is 17.5 Å². The minimum Gasteiger partial charge on any atom is -0.493 e. The summed E-state index contributed by atoms with van der Waals surface area (Å²) in [6.45, 7) is 1.31. The molecular formula is C24H27N3O3. The van der Waals surface area contributed by atoms with E-state index in [1.54, 1.807) is 44.5 Å². The van der Waals surface area contributed by atoms with Gasteiger partial charge >= 0.3 is 0 Å². The zero-order valence-electron chi connectivity index (χ0n) is 17.6. The van der Waals surface area contributed by atoms with Crippen LogP contribution in [0.4, 0.5) is 0 Å². The summed E-state index contributed by atoms with van der Waals surface area (Å²) >= 11 is 0. The van der Waals surface area contributed by atoms with E-state index in [9.17, 15) is 4.79 Å². The number of hydrogen-bond donors (Lipinski definition) is 0. The summed E-state index contributed by atoms with van der Waals surface area (Å²) in [7, 11) is 5.03. The van der Waals surface area contributed by atoms with E-state index in [4.69, 9.17) is 9.47 Å². The van der Waals surface area contributed by atoms with Crippen molar-refractivity contribution >= 4 is 12.0 Å². The second-order valence-corrected chi connectivity index (χ2v) is 6.99. The van der Waals surface area contributed by atoms with Crippen molar-refractivity contribution in [3.8, 4) is 11.5 Å². The van der Waals surface area contributed by atoms with Gasteiger partial charge in [-0.25, -0.2) is 0 Å². The summed E-state index contributed by atoms with van der Waals surface area (Å²) in [5, 5.41) is 4.36. The number of nitrogens with zero attached hydrogens (tertiary/aromatic N) is 3. The lowest BCUT2D eigenvalue weighted by Gasteiger charge is -2.16. The van der Waals surface area contributed by atoms with Crippen molar-refractivity contribution in [3.05, 3.63) is 83.7 Å². The summed E-state index contributed by atoms with van der Waals surface area (Å²) < 4.78 is 12.5. The standard InChI is InChI=1S/C24H27N3O3/c1-26(14-13-19-9-11-22(29-2)23(15-19)30-3)24(28)12-10-21-16-25-27(18-21)17-20-7-5-4-6-8-20/h4-12,15-16,18H,13-14,17H2,1-3H3/b12-10+. The van der Waals surface area contributed by atoms with Gasteiger partial charge in [0.2, 0.25) is 5.91 Å². The molecule has 0 aliphatic rings. The first-order valence-corrected chi connectivity index (χ1v) is 9.79. The monoisotopic (exact) mass is 405 g/mol. The number of ether oxygens (including phenoxy) is 2. The summed E-state index contributed by atoms with van der Waals surface area (Å²) in [6.07, 6.45) is 7.80. The van der Waals surface area contributed by atoms with Gasteiger partial charge in [0.15, 0.2) is 11.5 Å². The quantitative estimate of drug-likeness (QED) is 0.510. The number of methoxy groups -OCH3 is 2. The van der Waals surface area contributed by atoms with Crippen molar-refractivity contribution in [1.29, 1.82) is 0 Å². The van der Waals surface area contributed by atoms with E-state index in [1.807, 2.05) is 47.3 Å². The average molecular weight is 405 g/mol. The number of aromatic nitrogens is 2. The lowest BCUT2D eigenvalue weighted by molar-refractivity contribution is -0.124. The van der Waals surface area contributed by atoms with Crippen LogP contribution in [0.25, 0.3) is 6.08 Å². The Bertz CT molecular complexity index is 996. The molecule has 0 saturated heterocycles. The van der Waals surface area contributed by atoms with Crippen molar-refractivity contribution in [3.63, 3.8) is 0 Å². The Morgan fingerprint density at radius 1 is 1.07 bits per heavy atom. The number of rotatable bonds is 9. The summed E-state index contributed by atoms with van der Waals surface area (Å²) in [4.78, 5) is 14.1. The van der Waals surface area contributed by atoms with Gasteiger partial charge in [-0.1, -0.05) is 36.4 Å². The smallest absolute Gasteiger partial charge is 0.246 e. The lowest BCUT2D eigenvalue weighted by atomic mass is 10.1. The number of carbonyl (C=O) groups excluding carboxylic acids is 1. The highest BCUT2D eigenvalue weighted by atomic mass is 16.5. The SMILES string of the molecule is COc1ccc(CCN(C)C(=O)/C=C/c2cnn(Cc3ccccc3)c2)cc1OC. The molecule has 1 amide bonds. The van der Waals surface area contributed by atoms with Crippen LogP contribution in [0.3, 0.4) is 0 Å². The molecule has 156 valence electrons. The normalized spacial score (nSPS) is 10.9. The van der Waals surface area contributed by atoms with Crippen LogP contribution in [0, 0.1) is 0 Å². The van der Waals surface area contributed by atoms with Gasteiger partial charge in [-0.15, -0.1) is 0 Å². The Morgan fingerprint density at radius 3 is 2.57 bits per heavy atom. The van der Waals surface area contributed by atoms with Crippen molar-refractivity contribution in [2.75, 3.05) is 27.8 Å². The maximum absolute atomic E-state index is 12.4. The van der Waals surface area contributed by atoms with Gasteiger partial charge in [0.25, 0.3) is 0 Å². The zero-order chi connectivity index (χ0) is 21.3. The molecule has 1 aromatic heterocycles. The molecule has 1 heterocycles. The largest absolute Gasteiger partial charge is 0.493 e. The molecular weight excluding hydrogens is 378 g/mol. The minimum absolute atomic E-state index is 0.0497. The minimum atomic E-state index is -0.0497. The van der Waals surface area contributed by atoms with E-state index in [2.05, 4.69) is 17.2 Å². The summed E-state index contributed by atoms with van der Waals surface area (Å²) in [5.41, 5.74) is 3.16. The molecule has 0 atom stereocenters. The first kappa shape index (κ1) is 21.2. The van der Waals surface area contributed by atoms with Crippen LogP contribution in [-0.2, 0) is 17.8 Å². The third-order valence-corrected chi connectivity index (χ3v) is 4.82. The number of hydrogen-bond acceptors (Lipinski definition) is 4. The lowest BCUT2D eigenvalue weighted by Crippen LogP contribution is -2.27. The van der Waals surface area contributed by atoms with Crippen LogP contribution in [0.15, 0.2) is 67.0 Å². The second kappa shape index (κ2) is 10.3. The Labute approximate surface area is 177 Å². The molecule has 0 aliphatic heterocycles. The van der Waals surface area contributed by atoms with Gasteiger partial charge in [0.1, 0.15) is 0 Å². The van der Waals surface area contributed by atoms with Gasteiger partial charge in [-0.2, -0.15) is 5.10 Å². The first-order chi connectivity index (χ1) is 14.6. The van der Waals surface area contributed by atoms with Crippen molar-refractivity contribution < 1.29 is 14.3 Å². The Kier molecular flexibility index (Phi) is 7.27. The van der Waals surface area contributed by atoms with E-state index < -0.39 is 0 Å². The van der Waals surface area contributed by atoms with Gasteiger partial charge in [0, 0.05) is 31.4 Å². The molecule has 0 radical (unpaired) electrons. The Balaban J connectivity index is 1.52. The van der Waals surface area contributed by atoms with Gasteiger partial charge in [-0.05, 0) is 35.8 Å². The van der Waals surface area contributed by atoms with Crippen LogP contribution in [-0.4, -0.2) is 48.4 Å². The molecule has 6 nitrogen and oxygen atoms in total. The third kappa shape index (κ3) is 5.73. The predicted octanol–water partition coefficient (Wildman–Crippen LogP) is 3.66. The molecule has 0 saturated carbocycles. The van der Waals surface area contributed by atoms with Gasteiger partial charge in [-0.3, -0.25) is 9.48 Å². The average Bonchev–Trinajstić information content (AvgIpc) is 3.23. The number of amides is 1. The molecule has 30 heavy (non-hydrogen) atoms. The van der Waals surface area contributed by atoms with E-state index in [-0.39, 0.29) is 5.91 Å². The number of benzene rings is 2. The van der Waals surface area contributed by atoms with Crippen molar-refractivity contribution in [2.45, 2.75) is 13.0 Å². The molecule has 0 aliphatic carbocycles. The maximum atomic E-state index is 12.4. The third-order valence-electron chi connectivity index (χ3n) is 4.82. The van der Waals surface area contributed by atoms with Crippen LogP contribution in [0.1, 0.15) is 16.7 Å². The maximum Gasteiger partial charge on any atom is 0.246 e. The molecule has 6 heteroatoms. The molecule has 2 aromatic carbocycles. The van der Waals surface area contributed by atoms with Crippen LogP contribution in [0.5, 0.6) is 11.5 Å². The highest BCUT2D eigenvalue weighted by molar-refractivity contribution is 5.91. The molecule has 0 unspecified atom stereocenters. The molecule has 0 bridgehead atoms. The topological polar surface area (TPSA) is 56.6 Å². The number of likely N-dealkylation sites (N-methyl/N-ethyl adjacent to an activating group) is 1. The summed E-state index contributed by atoms with van der Waals surface area (Å²) in [5.74, 6) is 1.34. The van der Waals surface area contributed by atoms with Crippen molar-refractivity contribution in [1.82, 2.24) is 14.7 Å². The number of carbonyl (C=O) groups is 1. The fourth-order valence-electron chi connectivity index (χ4n) is 3.06. The zero-order valence-corrected chi connectivity index (χ0v) is 17.6. The van der Waals surface area contributed by atoms with E-state index >= 15 is 0 Å². The first-order valence-electron chi connectivity index (χ1n) is 9.79. The molecule has 3 rings (SSSR count). The van der Waals surface area contributed by atoms with Crippen molar-refractivity contribution in [2.24, 2.45) is 0 Å². The van der Waals surface area contributed by atoms with Crippen LogP contribution in [0.2, 0.25) is 0 Å². The fraction of sp³-hybridized carbons (Fsp3) is 0.250. The van der Waals surface area contributed by atoms with Gasteiger partial charge in [0.05, 0.1) is 27.0 Å². The van der Waals surface area contributed by atoms with Crippen LogP contribution >= 0.6 is 0 Å². The van der Waals surface area contributed by atoms with Crippen LogP contribution < -0.4 is 9.47 Å². The predicted molar refractivity (Wildman–Crippen MR) is 118 cm³/mol. The van der Waals surface area contributed by atoms with E-state index in [0.29, 0.717) is 24.6 Å². The Hall–Kier alpha value is -3.54. The van der Waals surface area contributed by atoms with E-state index in [1.165, 1.54) is 5.56 Å². The fourth-order valence-corrected chi connectivity index (χ4v) is 3.06. The molecule has 0 spiro atoms. The molecule has 0 N–H and O–H groups in total. The second-order valence-electron chi connectivity index (χ2n) is 6.99. The Morgan fingerprint density at radius 2 is 1.83 bits per heavy atom. The summed E-state index contributed by atoms with van der Waals surface area (Å²) in [6, 6.07) is 15.9. The molecule has 3 aromatic rings. The highest BCUT2D eigenvalue weighted by Gasteiger charge is 2.08.